The number of sulfonamides is 1. The molecular formula is C18H30N4O2S. The van der Waals surface area contributed by atoms with E-state index in [0.29, 0.717) is 12.5 Å². The Bertz CT molecular complexity index is 676. The molecule has 2 rings (SSSR count). The summed E-state index contributed by atoms with van der Waals surface area (Å²) in [6.07, 6.45) is 2.31. The summed E-state index contributed by atoms with van der Waals surface area (Å²) in [4.78, 5) is 6.61. The maximum Gasteiger partial charge on any atom is 0.216 e. The normalized spacial score (nSPS) is 17.3. The monoisotopic (exact) mass is 366 g/mol. The number of nitrogens with one attached hydrogen (secondary N) is 1. The van der Waals surface area contributed by atoms with E-state index in [1.54, 1.807) is 0 Å². The van der Waals surface area contributed by atoms with E-state index in [4.69, 9.17) is 5.73 Å². The molecule has 0 bridgehead atoms. The van der Waals surface area contributed by atoms with E-state index in [1.807, 2.05) is 38.1 Å². The maximum atomic E-state index is 12.0. The molecular weight excluding hydrogens is 336 g/mol. The van der Waals surface area contributed by atoms with Crippen LogP contribution in [0.5, 0.6) is 0 Å². The number of nitrogens with zero attached hydrogens (tertiary/aromatic N) is 2. The van der Waals surface area contributed by atoms with Gasteiger partial charge in [-0.2, -0.15) is 0 Å². The quantitative estimate of drug-likeness (QED) is 0.596. The largest absolute Gasteiger partial charge is 0.370 e. The first-order valence-electron chi connectivity index (χ1n) is 8.88. The molecule has 3 N–H and O–H groups in total. The van der Waals surface area contributed by atoms with Gasteiger partial charge in [0.2, 0.25) is 10.0 Å². The smallest absolute Gasteiger partial charge is 0.216 e. The SMILES string of the molecule is CC1CCN(C(N)=NCc2ccc(CS(=O)(=O)NC(C)C)cc2)CC1. The Hall–Kier alpha value is -1.60. The Balaban J connectivity index is 1.90. The number of guanidine groups is 1. The summed E-state index contributed by atoms with van der Waals surface area (Å²) in [6, 6.07) is 7.40. The maximum absolute atomic E-state index is 12.0. The molecule has 1 aromatic carbocycles. The van der Waals surface area contributed by atoms with E-state index in [-0.39, 0.29) is 11.8 Å². The van der Waals surface area contributed by atoms with Crippen molar-refractivity contribution in [3.63, 3.8) is 0 Å². The van der Waals surface area contributed by atoms with Crippen molar-refractivity contribution >= 4 is 16.0 Å². The zero-order valence-corrected chi connectivity index (χ0v) is 16.2. The predicted molar refractivity (Wildman–Crippen MR) is 103 cm³/mol. The molecule has 25 heavy (non-hydrogen) atoms. The van der Waals surface area contributed by atoms with Crippen LogP contribution < -0.4 is 10.5 Å². The number of hydrogen-bond acceptors (Lipinski definition) is 3. The van der Waals surface area contributed by atoms with Gasteiger partial charge in [0.05, 0.1) is 12.3 Å². The van der Waals surface area contributed by atoms with Gasteiger partial charge in [-0.25, -0.2) is 18.1 Å². The number of piperidine rings is 1. The third-order valence-corrected chi connectivity index (χ3v) is 5.87. The molecule has 0 aliphatic carbocycles. The lowest BCUT2D eigenvalue weighted by Gasteiger charge is -2.31. The lowest BCUT2D eigenvalue weighted by Crippen LogP contribution is -2.42. The van der Waals surface area contributed by atoms with Crippen LogP contribution in [0.25, 0.3) is 0 Å². The third-order valence-electron chi connectivity index (χ3n) is 4.33. The van der Waals surface area contributed by atoms with Crippen LogP contribution in [0.3, 0.4) is 0 Å². The average molecular weight is 367 g/mol. The first kappa shape index (κ1) is 19.7. The summed E-state index contributed by atoms with van der Waals surface area (Å²) in [5.41, 5.74) is 7.87. The van der Waals surface area contributed by atoms with Gasteiger partial charge in [0.15, 0.2) is 5.96 Å². The van der Waals surface area contributed by atoms with Crippen LogP contribution in [0.15, 0.2) is 29.3 Å². The average Bonchev–Trinajstić information content (AvgIpc) is 2.53. The van der Waals surface area contributed by atoms with Crippen molar-refractivity contribution in [3.8, 4) is 0 Å². The molecule has 7 heteroatoms. The minimum Gasteiger partial charge on any atom is -0.370 e. The van der Waals surface area contributed by atoms with Gasteiger partial charge in [0.25, 0.3) is 0 Å². The lowest BCUT2D eigenvalue weighted by atomic mass is 10.00. The molecule has 1 aromatic rings. The van der Waals surface area contributed by atoms with Crippen LogP contribution in [0, 0.1) is 5.92 Å². The summed E-state index contributed by atoms with van der Waals surface area (Å²) < 4.78 is 26.5. The molecule has 0 amide bonds. The molecule has 1 fully saturated rings. The summed E-state index contributed by atoms with van der Waals surface area (Å²) in [5, 5.41) is 0. The van der Waals surface area contributed by atoms with Gasteiger partial charge in [-0.1, -0.05) is 31.2 Å². The van der Waals surface area contributed by atoms with Crippen molar-refractivity contribution in [2.45, 2.75) is 52.0 Å². The van der Waals surface area contributed by atoms with Gasteiger partial charge in [-0.15, -0.1) is 0 Å². The highest BCUT2D eigenvalue weighted by Crippen LogP contribution is 2.16. The number of likely N-dealkylation sites (tertiary alicyclic amines) is 1. The second kappa shape index (κ2) is 8.67. The molecule has 1 heterocycles. The second-order valence-corrected chi connectivity index (χ2v) is 8.95. The first-order valence-corrected chi connectivity index (χ1v) is 10.5. The topological polar surface area (TPSA) is 87.8 Å². The van der Waals surface area contributed by atoms with Crippen molar-refractivity contribution in [1.29, 1.82) is 0 Å². The Morgan fingerprint density at radius 3 is 2.36 bits per heavy atom. The summed E-state index contributed by atoms with van der Waals surface area (Å²) in [6.45, 7) is 8.34. The van der Waals surface area contributed by atoms with Crippen molar-refractivity contribution < 1.29 is 8.42 Å². The zero-order chi connectivity index (χ0) is 18.4. The molecule has 0 aromatic heterocycles. The van der Waals surface area contributed by atoms with Crippen LogP contribution >= 0.6 is 0 Å². The Labute approximate surface area is 151 Å². The lowest BCUT2D eigenvalue weighted by molar-refractivity contribution is 0.277. The molecule has 1 saturated heterocycles. The van der Waals surface area contributed by atoms with E-state index in [9.17, 15) is 8.42 Å². The Kier molecular flexibility index (Phi) is 6.84. The molecule has 0 radical (unpaired) electrons. The summed E-state index contributed by atoms with van der Waals surface area (Å²) in [5.74, 6) is 1.35. The molecule has 0 unspecified atom stereocenters. The molecule has 0 atom stereocenters. The molecule has 0 saturated carbocycles. The van der Waals surface area contributed by atoms with Crippen molar-refractivity contribution in [2.24, 2.45) is 16.6 Å². The third kappa shape index (κ3) is 6.66. The number of benzene rings is 1. The predicted octanol–water partition coefficient (Wildman–Crippen LogP) is 2.06. The van der Waals surface area contributed by atoms with Crippen LogP contribution in [0.2, 0.25) is 0 Å². The van der Waals surface area contributed by atoms with Crippen LogP contribution in [0.4, 0.5) is 0 Å². The molecule has 1 aliphatic rings. The fraction of sp³-hybridized carbons (Fsp3) is 0.611. The van der Waals surface area contributed by atoms with E-state index in [1.165, 1.54) is 0 Å². The van der Waals surface area contributed by atoms with E-state index < -0.39 is 10.0 Å². The minimum atomic E-state index is -3.30. The van der Waals surface area contributed by atoms with E-state index in [2.05, 4.69) is 21.5 Å². The minimum absolute atomic E-state index is 0.0111. The van der Waals surface area contributed by atoms with Crippen LogP contribution in [0.1, 0.15) is 44.7 Å². The van der Waals surface area contributed by atoms with Gasteiger partial charge in [-0.3, -0.25) is 0 Å². The van der Waals surface area contributed by atoms with Crippen molar-refractivity contribution in [1.82, 2.24) is 9.62 Å². The molecule has 6 nitrogen and oxygen atoms in total. The number of aliphatic imine (C=N–C) groups is 1. The molecule has 0 spiro atoms. The fourth-order valence-corrected chi connectivity index (χ4v) is 4.30. The van der Waals surface area contributed by atoms with Gasteiger partial charge in [-0.05, 0) is 43.7 Å². The molecule has 1 aliphatic heterocycles. The number of hydrogen-bond donors (Lipinski definition) is 2. The van der Waals surface area contributed by atoms with Crippen LogP contribution in [-0.2, 0) is 22.3 Å². The Morgan fingerprint density at radius 1 is 1.24 bits per heavy atom. The van der Waals surface area contributed by atoms with Gasteiger partial charge >= 0.3 is 0 Å². The molecule has 140 valence electrons. The zero-order valence-electron chi connectivity index (χ0n) is 15.4. The number of rotatable bonds is 6. The summed E-state index contributed by atoms with van der Waals surface area (Å²) >= 11 is 0. The highest BCUT2D eigenvalue weighted by atomic mass is 32.2. The fourth-order valence-electron chi connectivity index (χ4n) is 2.87. The van der Waals surface area contributed by atoms with Gasteiger partial charge in [0.1, 0.15) is 0 Å². The van der Waals surface area contributed by atoms with Gasteiger partial charge in [0, 0.05) is 19.1 Å². The van der Waals surface area contributed by atoms with Crippen molar-refractivity contribution in [2.75, 3.05) is 13.1 Å². The van der Waals surface area contributed by atoms with Crippen molar-refractivity contribution in [3.05, 3.63) is 35.4 Å². The Morgan fingerprint density at radius 2 is 1.80 bits per heavy atom. The van der Waals surface area contributed by atoms with E-state index >= 15 is 0 Å². The standard InChI is InChI=1S/C18H30N4O2S/c1-14(2)21-25(23,24)13-17-6-4-16(5-7-17)12-20-18(19)22-10-8-15(3)9-11-22/h4-7,14-15,21H,8-13H2,1-3H3,(H2,19,20). The first-order chi connectivity index (χ1) is 11.7. The second-order valence-electron chi connectivity index (χ2n) is 7.19. The highest BCUT2D eigenvalue weighted by Gasteiger charge is 2.17. The highest BCUT2D eigenvalue weighted by molar-refractivity contribution is 7.88. The van der Waals surface area contributed by atoms with E-state index in [0.717, 1.165) is 43.0 Å². The summed E-state index contributed by atoms with van der Waals surface area (Å²) in [7, 11) is -3.30. The van der Waals surface area contributed by atoms with Crippen LogP contribution in [-0.4, -0.2) is 38.4 Å². The van der Waals surface area contributed by atoms with Gasteiger partial charge < -0.3 is 10.6 Å². The number of nitrogens with two attached hydrogens (primary N) is 1.